The molecule has 178 valence electrons. The maximum Gasteiger partial charge on any atom is 0.138 e. The number of allylic oxidation sites excluding steroid dienone is 2. The molecule has 4 fully saturated rings. The van der Waals surface area contributed by atoms with Crippen LogP contribution in [-0.4, -0.2) is 11.6 Å². The Morgan fingerprint density at radius 3 is 2.12 bits per heavy atom. The fraction of sp³-hybridized carbons (Fsp3) is 0.867. The third-order valence-corrected chi connectivity index (χ3v) is 12.5. The van der Waals surface area contributed by atoms with Gasteiger partial charge in [0.05, 0.1) is 0 Å². The Bertz CT molecular complexity index is 908. The van der Waals surface area contributed by atoms with E-state index in [1.54, 1.807) is 5.57 Å². The van der Waals surface area contributed by atoms with Crippen molar-refractivity contribution in [3.05, 3.63) is 11.6 Å². The number of Topliss-reactive ketones (excluding diaryl/α,β-unsaturated/α-hetero) is 2. The highest BCUT2D eigenvalue weighted by atomic mass is 16.1. The van der Waals surface area contributed by atoms with Crippen LogP contribution >= 0.6 is 0 Å². The van der Waals surface area contributed by atoms with Crippen LogP contribution in [0.3, 0.4) is 0 Å². The van der Waals surface area contributed by atoms with Crippen LogP contribution in [0, 0.1) is 50.2 Å². The van der Waals surface area contributed by atoms with Gasteiger partial charge in [-0.05, 0) is 83.9 Å². The molecule has 0 bridgehead atoms. The van der Waals surface area contributed by atoms with Crippen LogP contribution in [0.15, 0.2) is 11.6 Å². The van der Waals surface area contributed by atoms with Gasteiger partial charge in [0, 0.05) is 24.2 Å². The summed E-state index contributed by atoms with van der Waals surface area (Å²) in [5, 5.41) is 0. The van der Waals surface area contributed by atoms with Crippen molar-refractivity contribution in [3.8, 4) is 0 Å². The monoisotopic (exact) mass is 438 g/mol. The van der Waals surface area contributed by atoms with Gasteiger partial charge < -0.3 is 0 Å². The van der Waals surface area contributed by atoms with E-state index in [0.717, 1.165) is 25.7 Å². The Kier molecular flexibility index (Phi) is 4.57. The summed E-state index contributed by atoms with van der Waals surface area (Å²) < 4.78 is 0. The van der Waals surface area contributed by atoms with Crippen LogP contribution < -0.4 is 0 Å². The molecule has 0 saturated heterocycles. The lowest BCUT2D eigenvalue weighted by molar-refractivity contribution is -0.208. The number of ketones is 2. The van der Waals surface area contributed by atoms with E-state index < -0.39 is 0 Å². The lowest BCUT2D eigenvalue weighted by atomic mass is 9.32. The molecule has 0 spiro atoms. The minimum atomic E-state index is -0.298. The molecule has 32 heavy (non-hydrogen) atoms. The normalized spacial score (nSPS) is 51.6. The summed E-state index contributed by atoms with van der Waals surface area (Å²) in [7, 11) is 0. The van der Waals surface area contributed by atoms with Crippen molar-refractivity contribution in [2.24, 2.45) is 50.2 Å². The summed E-state index contributed by atoms with van der Waals surface area (Å²) in [6.45, 7) is 19.0. The van der Waals surface area contributed by atoms with Crippen LogP contribution in [0.2, 0.25) is 0 Å². The fourth-order valence-electron chi connectivity index (χ4n) is 10.2. The van der Waals surface area contributed by atoms with Crippen LogP contribution in [0.5, 0.6) is 0 Å². The summed E-state index contributed by atoms with van der Waals surface area (Å²) in [5.74, 6) is 1.76. The molecule has 5 rings (SSSR count). The number of fused-ring (bicyclic) bond motifs is 7. The van der Waals surface area contributed by atoms with Gasteiger partial charge in [-0.3, -0.25) is 9.59 Å². The number of hydrogen-bond acceptors (Lipinski definition) is 2. The van der Waals surface area contributed by atoms with Gasteiger partial charge in [-0.25, -0.2) is 0 Å². The molecule has 0 amide bonds. The topological polar surface area (TPSA) is 34.1 Å². The Balaban J connectivity index is 1.62. The molecule has 0 aliphatic heterocycles. The number of carbonyl (C=O) groups is 2. The lowest BCUT2D eigenvalue weighted by Gasteiger charge is -2.71. The van der Waals surface area contributed by atoms with Crippen LogP contribution in [0.1, 0.15) is 113 Å². The molecule has 0 heterocycles. The Morgan fingerprint density at radius 2 is 1.44 bits per heavy atom. The number of hydrogen-bond donors (Lipinski definition) is 0. The van der Waals surface area contributed by atoms with E-state index in [1.807, 2.05) is 0 Å². The molecule has 4 saturated carbocycles. The van der Waals surface area contributed by atoms with Gasteiger partial charge in [0.1, 0.15) is 11.6 Å². The first kappa shape index (κ1) is 22.9. The molecule has 5 aliphatic carbocycles. The first-order valence-corrected chi connectivity index (χ1v) is 13.4. The average Bonchev–Trinajstić information content (AvgIpc) is 2.68. The molecule has 0 radical (unpaired) electrons. The fourth-order valence-corrected chi connectivity index (χ4v) is 10.2. The Hall–Kier alpha value is -0.920. The Morgan fingerprint density at radius 1 is 0.781 bits per heavy atom. The second-order valence-electron chi connectivity index (χ2n) is 14.9. The van der Waals surface area contributed by atoms with Crippen molar-refractivity contribution in [1.29, 1.82) is 0 Å². The molecule has 0 aromatic heterocycles. The molecule has 0 N–H and O–H groups in total. The van der Waals surface area contributed by atoms with Crippen molar-refractivity contribution in [2.75, 3.05) is 0 Å². The van der Waals surface area contributed by atoms with E-state index in [2.05, 4.69) is 61.5 Å². The van der Waals surface area contributed by atoms with E-state index in [4.69, 9.17) is 0 Å². The SMILES string of the molecule is CC1(C)C=C2[C@H]3CC(=O)[C@@H]4[C@@]5(C)CCC(=O)C(C)(C)[C@@H]5CC[C@@]4(C)[C@]3(C)CC[C@@]2(C)CC1. The van der Waals surface area contributed by atoms with Crippen molar-refractivity contribution in [1.82, 2.24) is 0 Å². The molecule has 0 unspecified atom stereocenters. The van der Waals surface area contributed by atoms with Crippen molar-refractivity contribution in [2.45, 2.75) is 113 Å². The molecule has 7 atom stereocenters. The predicted octanol–water partition coefficient (Wildman–Crippen LogP) is 7.56. The van der Waals surface area contributed by atoms with Crippen molar-refractivity contribution in [3.63, 3.8) is 0 Å². The van der Waals surface area contributed by atoms with Gasteiger partial charge in [-0.2, -0.15) is 0 Å². The van der Waals surface area contributed by atoms with Gasteiger partial charge in [-0.1, -0.05) is 67.0 Å². The molecular formula is C30H46O2. The quantitative estimate of drug-likeness (QED) is 0.366. The van der Waals surface area contributed by atoms with E-state index in [1.165, 1.54) is 25.7 Å². The lowest BCUT2D eigenvalue weighted by Crippen LogP contribution is -2.67. The van der Waals surface area contributed by atoms with Crippen LogP contribution in [0.25, 0.3) is 0 Å². The highest BCUT2D eigenvalue weighted by Crippen LogP contribution is 2.75. The van der Waals surface area contributed by atoms with Gasteiger partial charge in [0.15, 0.2) is 0 Å². The summed E-state index contributed by atoms with van der Waals surface area (Å²) in [6, 6.07) is 0. The van der Waals surface area contributed by atoms with Crippen molar-refractivity contribution >= 4 is 11.6 Å². The van der Waals surface area contributed by atoms with Gasteiger partial charge in [-0.15, -0.1) is 0 Å². The van der Waals surface area contributed by atoms with E-state index in [0.29, 0.717) is 29.8 Å². The number of carbonyl (C=O) groups excluding carboxylic acids is 2. The predicted molar refractivity (Wildman–Crippen MR) is 130 cm³/mol. The highest BCUT2D eigenvalue weighted by Gasteiger charge is 2.71. The van der Waals surface area contributed by atoms with Gasteiger partial charge in [0.25, 0.3) is 0 Å². The molecule has 5 aliphatic rings. The Labute approximate surface area is 196 Å². The van der Waals surface area contributed by atoms with E-state index in [9.17, 15) is 9.59 Å². The van der Waals surface area contributed by atoms with Crippen LogP contribution in [-0.2, 0) is 9.59 Å². The minimum Gasteiger partial charge on any atom is -0.299 e. The van der Waals surface area contributed by atoms with Gasteiger partial charge >= 0.3 is 0 Å². The highest BCUT2D eigenvalue weighted by molar-refractivity contribution is 5.88. The zero-order valence-corrected chi connectivity index (χ0v) is 22.0. The summed E-state index contributed by atoms with van der Waals surface area (Å²) >= 11 is 0. The molecule has 0 aromatic carbocycles. The largest absolute Gasteiger partial charge is 0.299 e. The van der Waals surface area contributed by atoms with Crippen LogP contribution in [0.4, 0.5) is 0 Å². The average molecular weight is 439 g/mol. The molecule has 2 nitrogen and oxygen atoms in total. The first-order chi connectivity index (χ1) is 14.6. The standard InChI is InChI=1S/C30H46O2/c1-25(2)13-14-27(5)15-16-29(7)19(20(27)18-25)17-21(31)24-28(6)11-10-23(32)26(3,4)22(28)9-12-30(24,29)8/h18-19,22,24H,9-17H2,1-8H3/t19-,22+,24-,27-,28+,29-,30-/m1/s1. The van der Waals surface area contributed by atoms with Gasteiger partial charge in [0.2, 0.25) is 0 Å². The second kappa shape index (κ2) is 6.39. The molecular weight excluding hydrogens is 392 g/mol. The van der Waals surface area contributed by atoms with E-state index in [-0.39, 0.29) is 38.4 Å². The summed E-state index contributed by atoms with van der Waals surface area (Å²) in [6.07, 6.45) is 12.1. The zero-order valence-electron chi connectivity index (χ0n) is 22.0. The smallest absolute Gasteiger partial charge is 0.138 e. The third-order valence-electron chi connectivity index (χ3n) is 12.5. The summed E-state index contributed by atoms with van der Waals surface area (Å²) in [5.41, 5.74) is 2.00. The third kappa shape index (κ3) is 2.65. The number of rotatable bonds is 0. The maximum absolute atomic E-state index is 14.2. The molecule has 2 heteroatoms. The van der Waals surface area contributed by atoms with E-state index >= 15 is 0 Å². The maximum atomic E-state index is 14.2. The zero-order chi connectivity index (χ0) is 23.5. The minimum absolute atomic E-state index is 0.0263. The first-order valence-electron chi connectivity index (χ1n) is 13.4. The summed E-state index contributed by atoms with van der Waals surface area (Å²) in [4.78, 5) is 27.1. The molecule has 0 aromatic rings. The van der Waals surface area contributed by atoms with Crippen molar-refractivity contribution < 1.29 is 9.59 Å². The second-order valence-corrected chi connectivity index (χ2v) is 14.9.